The number of hydrogen-bond donors (Lipinski definition) is 2. The summed E-state index contributed by atoms with van der Waals surface area (Å²) in [7, 11) is 0. The van der Waals surface area contributed by atoms with Gasteiger partial charge in [-0.2, -0.15) is 0 Å². The molecule has 5 heteroatoms. The Labute approximate surface area is 105 Å². The van der Waals surface area contributed by atoms with Gasteiger partial charge in [-0.05, 0) is 31.0 Å². The van der Waals surface area contributed by atoms with Crippen LogP contribution in [-0.4, -0.2) is 29.6 Å². The molecule has 1 heterocycles. The minimum absolute atomic E-state index is 0.112. The van der Waals surface area contributed by atoms with Gasteiger partial charge in [-0.1, -0.05) is 6.07 Å². The Morgan fingerprint density at radius 2 is 2.11 bits per heavy atom. The highest BCUT2D eigenvalue weighted by molar-refractivity contribution is 6.04. The number of nitrogens with two attached hydrogens (primary N) is 1. The third kappa shape index (κ3) is 1.97. The molecule has 1 fully saturated rings. The number of aromatic carboxylic acids is 1. The quantitative estimate of drug-likeness (QED) is 0.819. The molecule has 1 atom stereocenters. The Kier molecular flexibility index (Phi) is 3.09. The van der Waals surface area contributed by atoms with E-state index < -0.39 is 5.97 Å². The zero-order chi connectivity index (χ0) is 13.4. The van der Waals surface area contributed by atoms with Crippen molar-refractivity contribution < 1.29 is 14.7 Å². The summed E-state index contributed by atoms with van der Waals surface area (Å²) in [4.78, 5) is 24.6. The molecule has 0 bridgehead atoms. The standard InChI is InChI=1S/C13H16N2O3/c1-7-3-4-10(13(17)18)12(8(7)2)15-6-9(14)5-11(15)16/h3-4,9H,5-6,14H2,1-2H3,(H,17,18). The topological polar surface area (TPSA) is 83.6 Å². The van der Waals surface area contributed by atoms with Gasteiger partial charge in [-0.3, -0.25) is 4.79 Å². The monoisotopic (exact) mass is 248 g/mol. The van der Waals surface area contributed by atoms with Crippen molar-refractivity contribution in [2.24, 2.45) is 5.73 Å². The summed E-state index contributed by atoms with van der Waals surface area (Å²) in [6.07, 6.45) is 0.270. The highest BCUT2D eigenvalue weighted by Crippen LogP contribution is 2.31. The summed E-state index contributed by atoms with van der Waals surface area (Å²) in [6, 6.07) is 3.07. The van der Waals surface area contributed by atoms with Crippen molar-refractivity contribution in [3.8, 4) is 0 Å². The van der Waals surface area contributed by atoms with E-state index in [9.17, 15) is 14.7 Å². The number of benzene rings is 1. The molecule has 0 saturated carbocycles. The maximum Gasteiger partial charge on any atom is 0.337 e. The average molecular weight is 248 g/mol. The molecule has 1 aliphatic heterocycles. The van der Waals surface area contributed by atoms with Crippen molar-refractivity contribution >= 4 is 17.6 Å². The van der Waals surface area contributed by atoms with Crippen molar-refractivity contribution in [1.29, 1.82) is 0 Å². The number of carboxylic acid groups (broad SMARTS) is 1. The lowest BCUT2D eigenvalue weighted by Crippen LogP contribution is -2.30. The van der Waals surface area contributed by atoms with E-state index in [1.54, 1.807) is 6.07 Å². The van der Waals surface area contributed by atoms with E-state index in [0.29, 0.717) is 12.2 Å². The van der Waals surface area contributed by atoms with Gasteiger partial charge < -0.3 is 15.7 Å². The lowest BCUT2D eigenvalue weighted by Gasteiger charge is -2.22. The first-order valence-corrected chi connectivity index (χ1v) is 5.81. The maximum atomic E-state index is 11.9. The summed E-state index contributed by atoms with van der Waals surface area (Å²) in [5, 5.41) is 9.22. The van der Waals surface area contributed by atoms with Crippen LogP contribution in [0.4, 0.5) is 5.69 Å². The Balaban J connectivity index is 2.58. The number of anilines is 1. The maximum absolute atomic E-state index is 11.9. The molecule has 1 aromatic carbocycles. The third-order valence-electron chi connectivity index (χ3n) is 3.36. The van der Waals surface area contributed by atoms with Crippen LogP contribution in [0.5, 0.6) is 0 Å². The molecule has 1 unspecified atom stereocenters. The second-order valence-corrected chi connectivity index (χ2v) is 4.68. The molecule has 2 rings (SSSR count). The first-order chi connectivity index (χ1) is 8.41. The van der Waals surface area contributed by atoms with Gasteiger partial charge >= 0.3 is 5.97 Å². The number of amides is 1. The number of nitrogens with zero attached hydrogens (tertiary/aromatic N) is 1. The van der Waals surface area contributed by atoms with E-state index in [4.69, 9.17) is 5.73 Å². The van der Waals surface area contributed by atoms with E-state index >= 15 is 0 Å². The van der Waals surface area contributed by atoms with E-state index in [-0.39, 0.29) is 23.9 Å². The van der Waals surface area contributed by atoms with Crippen LogP contribution in [0, 0.1) is 13.8 Å². The molecule has 0 radical (unpaired) electrons. The summed E-state index contributed by atoms with van der Waals surface area (Å²) in [5.41, 5.74) is 8.18. The third-order valence-corrected chi connectivity index (χ3v) is 3.36. The number of carbonyl (C=O) groups excluding carboxylic acids is 1. The zero-order valence-electron chi connectivity index (χ0n) is 10.4. The minimum Gasteiger partial charge on any atom is -0.478 e. The predicted octanol–water partition coefficient (Wildman–Crippen LogP) is 1.07. The van der Waals surface area contributed by atoms with Crippen LogP contribution < -0.4 is 10.6 Å². The van der Waals surface area contributed by atoms with Crippen molar-refractivity contribution in [1.82, 2.24) is 0 Å². The normalized spacial score (nSPS) is 19.4. The van der Waals surface area contributed by atoms with Crippen LogP contribution in [0.1, 0.15) is 27.9 Å². The van der Waals surface area contributed by atoms with Gasteiger partial charge in [-0.15, -0.1) is 0 Å². The SMILES string of the molecule is Cc1ccc(C(=O)O)c(N2CC(N)CC2=O)c1C. The molecule has 0 aliphatic carbocycles. The second kappa shape index (κ2) is 4.42. The lowest BCUT2D eigenvalue weighted by atomic mass is 10.0. The molecule has 1 saturated heterocycles. The van der Waals surface area contributed by atoms with E-state index in [2.05, 4.69) is 0 Å². The highest BCUT2D eigenvalue weighted by Gasteiger charge is 2.32. The zero-order valence-corrected chi connectivity index (χ0v) is 10.4. The minimum atomic E-state index is -1.03. The first-order valence-electron chi connectivity index (χ1n) is 5.81. The Hall–Kier alpha value is -1.88. The van der Waals surface area contributed by atoms with Gasteiger partial charge in [0.05, 0.1) is 11.3 Å². The first kappa shape index (κ1) is 12.6. The molecule has 96 valence electrons. The fraction of sp³-hybridized carbons (Fsp3) is 0.385. The van der Waals surface area contributed by atoms with E-state index in [0.717, 1.165) is 11.1 Å². The van der Waals surface area contributed by atoms with Crippen LogP contribution in [0.3, 0.4) is 0 Å². The summed E-state index contributed by atoms with van der Waals surface area (Å²) in [6.45, 7) is 4.10. The van der Waals surface area contributed by atoms with Crippen LogP contribution in [0.25, 0.3) is 0 Å². The molecule has 0 spiro atoms. The molecular formula is C13H16N2O3. The summed E-state index contributed by atoms with van der Waals surface area (Å²) < 4.78 is 0. The Morgan fingerprint density at radius 1 is 1.44 bits per heavy atom. The van der Waals surface area contributed by atoms with Crippen molar-refractivity contribution in [2.45, 2.75) is 26.3 Å². The van der Waals surface area contributed by atoms with Gasteiger partial charge in [0, 0.05) is 19.0 Å². The molecule has 0 aromatic heterocycles. The highest BCUT2D eigenvalue weighted by atomic mass is 16.4. The van der Waals surface area contributed by atoms with E-state index in [1.165, 1.54) is 11.0 Å². The van der Waals surface area contributed by atoms with Gasteiger partial charge in [0.2, 0.25) is 5.91 Å². The van der Waals surface area contributed by atoms with Crippen molar-refractivity contribution in [3.05, 3.63) is 28.8 Å². The number of carbonyl (C=O) groups is 2. The van der Waals surface area contributed by atoms with Gasteiger partial charge in [0.25, 0.3) is 0 Å². The molecule has 3 N–H and O–H groups in total. The predicted molar refractivity (Wildman–Crippen MR) is 67.8 cm³/mol. The number of hydrogen-bond acceptors (Lipinski definition) is 3. The fourth-order valence-corrected chi connectivity index (χ4v) is 2.27. The number of rotatable bonds is 2. The summed E-state index contributed by atoms with van der Waals surface area (Å²) >= 11 is 0. The molecule has 1 aromatic rings. The second-order valence-electron chi connectivity index (χ2n) is 4.68. The molecule has 5 nitrogen and oxygen atoms in total. The Bertz CT molecular complexity index is 525. The van der Waals surface area contributed by atoms with Crippen LogP contribution in [0.2, 0.25) is 0 Å². The number of carboxylic acids is 1. The fourth-order valence-electron chi connectivity index (χ4n) is 2.27. The average Bonchev–Trinajstić information content (AvgIpc) is 2.61. The van der Waals surface area contributed by atoms with Crippen molar-refractivity contribution in [2.75, 3.05) is 11.4 Å². The molecule has 1 amide bonds. The smallest absolute Gasteiger partial charge is 0.337 e. The Morgan fingerprint density at radius 3 is 2.61 bits per heavy atom. The van der Waals surface area contributed by atoms with Crippen LogP contribution >= 0.6 is 0 Å². The van der Waals surface area contributed by atoms with Gasteiger partial charge in [-0.25, -0.2) is 4.79 Å². The van der Waals surface area contributed by atoms with Crippen LogP contribution in [0.15, 0.2) is 12.1 Å². The molecule has 1 aliphatic rings. The van der Waals surface area contributed by atoms with Gasteiger partial charge in [0.15, 0.2) is 0 Å². The van der Waals surface area contributed by atoms with Gasteiger partial charge in [0.1, 0.15) is 0 Å². The lowest BCUT2D eigenvalue weighted by molar-refractivity contribution is -0.117. The summed E-state index contributed by atoms with van der Waals surface area (Å²) in [5.74, 6) is -1.14. The molecular weight excluding hydrogens is 232 g/mol. The van der Waals surface area contributed by atoms with Crippen LogP contribution in [-0.2, 0) is 4.79 Å². The van der Waals surface area contributed by atoms with Crippen molar-refractivity contribution in [3.63, 3.8) is 0 Å². The number of aryl methyl sites for hydroxylation is 1. The molecule has 18 heavy (non-hydrogen) atoms. The van der Waals surface area contributed by atoms with E-state index in [1.807, 2.05) is 13.8 Å². The largest absolute Gasteiger partial charge is 0.478 e.